The second-order valence-corrected chi connectivity index (χ2v) is 6.53. The summed E-state index contributed by atoms with van der Waals surface area (Å²) in [5, 5.41) is 3.56. The zero-order chi connectivity index (χ0) is 18.0. The lowest BCUT2D eigenvalue weighted by Crippen LogP contribution is -2.44. The Morgan fingerprint density at radius 1 is 1.12 bits per heavy atom. The molecule has 0 aliphatic carbocycles. The number of rotatable bonds is 3. The summed E-state index contributed by atoms with van der Waals surface area (Å²) in [6.07, 6.45) is 0.768. The number of carbonyl (C=O) groups is 1. The highest BCUT2D eigenvalue weighted by molar-refractivity contribution is 6.30. The number of halogens is 1. The predicted octanol–water partition coefficient (Wildman–Crippen LogP) is 4.34. The number of methoxy groups -OCH3 is 2. The summed E-state index contributed by atoms with van der Waals surface area (Å²) in [7, 11) is 3.24. The van der Waals surface area contributed by atoms with E-state index in [1.54, 1.807) is 38.5 Å². The Labute approximate surface area is 152 Å². The van der Waals surface area contributed by atoms with Crippen molar-refractivity contribution in [3.8, 4) is 11.5 Å². The Hall–Kier alpha value is -2.40. The van der Waals surface area contributed by atoms with Gasteiger partial charge in [0.15, 0.2) is 11.5 Å². The minimum absolute atomic E-state index is 0.0814. The van der Waals surface area contributed by atoms with Crippen LogP contribution in [-0.2, 0) is 13.0 Å². The molecule has 6 heteroatoms. The van der Waals surface area contributed by atoms with Gasteiger partial charge in [0.2, 0.25) is 0 Å². The molecule has 0 fully saturated rings. The number of benzene rings is 2. The van der Waals surface area contributed by atoms with Crippen LogP contribution in [-0.4, -0.2) is 31.2 Å². The Kier molecular flexibility index (Phi) is 5.04. The number of nitrogens with one attached hydrogen (secondary N) is 1. The van der Waals surface area contributed by atoms with E-state index in [4.69, 9.17) is 21.1 Å². The van der Waals surface area contributed by atoms with Gasteiger partial charge >= 0.3 is 6.03 Å². The molecule has 2 amide bonds. The molecule has 1 N–H and O–H groups in total. The average molecular weight is 361 g/mol. The molecule has 2 aromatic rings. The van der Waals surface area contributed by atoms with Crippen molar-refractivity contribution >= 4 is 23.3 Å². The molecule has 25 heavy (non-hydrogen) atoms. The fourth-order valence-corrected chi connectivity index (χ4v) is 3.19. The molecule has 0 aromatic heterocycles. The van der Waals surface area contributed by atoms with Crippen LogP contribution in [0.15, 0.2) is 36.4 Å². The largest absolute Gasteiger partial charge is 0.493 e. The van der Waals surface area contributed by atoms with E-state index in [0.717, 1.165) is 17.7 Å². The van der Waals surface area contributed by atoms with Crippen molar-refractivity contribution in [2.45, 2.75) is 25.9 Å². The summed E-state index contributed by atoms with van der Waals surface area (Å²) in [5.41, 5.74) is 2.97. The second-order valence-electron chi connectivity index (χ2n) is 6.09. The molecule has 0 radical (unpaired) electrons. The predicted molar refractivity (Wildman–Crippen MR) is 98.7 cm³/mol. The van der Waals surface area contributed by atoms with Crippen molar-refractivity contribution in [2.24, 2.45) is 0 Å². The number of carbonyl (C=O) groups excluding carboxylic acids is 1. The smallest absolute Gasteiger partial charge is 0.322 e. The van der Waals surface area contributed by atoms with Gasteiger partial charge in [0.05, 0.1) is 14.2 Å². The van der Waals surface area contributed by atoms with Crippen molar-refractivity contribution in [2.75, 3.05) is 19.5 Å². The van der Waals surface area contributed by atoms with Crippen LogP contribution in [0.25, 0.3) is 0 Å². The quantitative estimate of drug-likeness (QED) is 0.886. The van der Waals surface area contributed by atoms with Gasteiger partial charge in [-0.2, -0.15) is 0 Å². The van der Waals surface area contributed by atoms with Gasteiger partial charge in [-0.3, -0.25) is 0 Å². The fraction of sp³-hybridized carbons (Fsp3) is 0.316. The molecule has 1 atom stereocenters. The highest BCUT2D eigenvalue weighted by Crippen LogP contribution is 2.34. The molecule has 1 heterocycles. The Bertz CT molecular complexity index is 777. The van der Waals surface area contributed by atoms with Gasteiger partial charge < -0.3 is 19.7 Å². The van der Waals surface area contributed by atoms with Crippen molar-refractivity contribution in [3.63, 3.8) is 0 Å². The lowest BCUT2D eigenvalue weighted by molar-refractivity contribution is 0.182. The molecule has 2 aromatic carbocycles. The number of nitrogens with zero attached hydrogens (tertiary/aromatic N) is 1. The van der Waals surface area contributed by atoms with Crippen LogP contribution in [0.1, 0.15) is 18.1 Å². The van der Waals surface area contributed by atoms with E-state index in [-0.39, 0.29) is 12.1 Å². The number of ether oxygens (including phenoxy) is 2. The SMILES string of the molecule is COc1cc2c(cc1OC)CN(C(=O)Nc1ccc(Cl)cc1)C(C)C2. The molecule has 0 saturated heterocycles. The maximum Gasteiger partial charge on any atom is 0.322 e. The zero-order valence-corrected chi connectivity index (χ0v) is 15.3. The summed E-state index contributed by atoms with van der Waals surface area (Å²) >= 11 is 5.88. The number of hydrogen-bond donors (Lipinski definition) is 1. The van der Waals surface area contributed by atoms with E-state index < -0.39 is 0 Å². The van der Waals surface area contributed by atoms with Gasteiger partial charge in [-0.05, 0) is 60.9 Å². The third-order valence-corrected chi connectivity index (χ3v) is 4.70. The number of hydrogen-bond acceptors (Lipinski definition) is 3. The third-order valence-electron chi connectivity index (χ3n) is 4.45. The van der Waals surface area contributed by atoms with Crippen molar-refractivity contribution in [1.82, 2.24) is 4.90 Å². The van der Waals surface area contributed by atoms with Gasteiger partial charge in [0.25, 0.3) is 0 Å². The monoisotopic (exact) mass is 360 g/mol. The standard InChI is InChI=1S/C19H21ClN2O3/c1-12-8-13-9-17(24-2)18(25-3)10-14(13)11-22(12)19(23)21-16-6-4-15(20)5-7-16/h4-7,9-10,12H,8,11H2,1-3H3,(H,21,23). The highest BCUT2D eigenvalue weighted by Gasteiger charge is 2.28. The summed E-state index contributed by atoms with van der Waals surface area (Å²) < 4.78 is 10.7. The van der Waals surface area contributed by atoms with Gasteiger partial charge in [-0.1, -0.05) is 11.6 Å². The van der Waals surface area contributed by atoms with Crippen LogP contribution < -0.4 is 14.8 Å². The molecule has 5 nitrogen and oxygen atoms in total. The van der Waals surface area contributed by atoms with Crippen molar-refractivity contribution < 1.29 is 14.3 Å². The maximum atomic E-state index is 12.7. The average Bonchev–Trinajstić information content (AvgIpc) is 2.61. The first-order chi connectivity index (χ1) is 12.0. The molecule has 1 aliphatic heterocycles. The Morgan fingerprint density at radius 2 is 1.72 bits per heavy atom. The van der Waals surface area contributed by atoms with E-state index in [1.165, 1.54) is 5.56 Å². The van der Waals surface area contributed by atoms with Crippen LogP contribution in [0, 0.1) is 0 Å². The molecule has 132 valence electrons. The third kappa shape index (κ3) is 3.66. The van der Waals surface area contributed by atoms with Crippen LogP contribution in [0.4, 0.5) is 10.5 Å². The summed E-state index contributed by atoms with van der Waals surface area (Å²) in [5.74, 6) is 1.39. The second kappa shape index (κ2) is 7.23. The fourth-order valence-electron chi connectivity index (χ4n) is 3.07. The number of amides is 2. The summed E-state index contributed by atoms with van der Waals surface area (Å²) in [4.78, 5) is 14.5. The molecule has 0 bridgehead atoms. The normalized spacial score (nSPS) is 16.2. The van der Waals surface area contributed by atoms with E-state index in [2.05, 4.69) is 5.32 Å². The van der Waals surface area contributed by atoms with Crippen LogP contribution in [0.5, 0.6) is 11.5 Å². The Balaban J connectivity index is 1.80. The first kappa shape index (κ1) is 17.4. The topological polar surface area (TPSA) is 50.8 Å². The Morgan fingerprint density at radius 3 is 2.32 bits per heavy atom. The van der Waals surface area contributed by atoms with Crippen molar-refractivity contribution in [3.05, 3.63) is 52.5 Å². The lowest BCUT2D eigenvalue weighted by atomic mass is 9.94. The minimum Gasteiger partial charge on any atom is -0.493 e. The summed E-state index contributed by atoms with van der Waals surface area (Å²) in [6.45, 7) is 2.57. The van der Waals surface area contributed by atoms with Gasteiger partial charge in [-0.15, -0.1) is 0 Å². The van der Waals surface area contributed by atoms with E-state index >= 15 is 0 Å². The van der Waals surface area contributed by atoms with Gasteiger partial charge in [0, 0.05) is 23.3 Å². The van der Waals surface area contributed by atoms with Gasteiger partial charge in [0.1, 0.15) is 0 Å². The maximum absolute atomic E-state index is 12.7. The number of urea groups is 1. The highest BCUT2D eigenvalue weighted by atomic mass is 35.5. The number of anilines is 1. The lowest BCUT2D eigenvalue weighted by Gasteiger charge is -2.35. The molecule has 0 saturated carbocycles. The molecule has 0 spiro atoms. The van der Waals surface area contributed by atoms with Gasteiger partial charge in [-0.25, -0.2) is 4.79 Å². The van der Waals surface area contributed by atoms with E-state index in [1.807, 2.05) is 24.0 Å². The molecular weight excluding hydrogens is 340 g/mol. The first-order valence-electron chi connectivity index (χ1n) is 8.08. The van der Waals surface area contributed by atoms with Crippen LogP contribution in [0.3, 0.4) is 0 Å². The molecule has 3 rings (SSSR count). The number of fused-ring (bicyclic) bond motifs is 1. The van der Waals surface area contributed by atoms with Crippen LogP contribution >= 0.6 is 11.6 Å². The van der Waals surface area contributed by atoms with E-state index in [9.17, 15) is 4.79 Å². The van der Waals surface area contributed by atoms with Crippen LogP contribution in [0.2, 0.25) is 5.02 Å². The van der Waals surface area contributed by atoms with E-state index in [0.29, 0.717) is 23.1 Å². The van der Waals surface area contributed by atoms with Crippen molar-refractivity contribution in [1.29, 1.82) is 0 Å². The molecule has 1 aliphatic rings. The first-order valence-corrected chi connectivity index (χ1v) is 8.46. The summed E-state index contributed by atoms with van der Waals surface area (Å²) in [6, 6.07) is 11.0. The molecular formula is C19H21ClN2O3. The molecule has 1 unspecified atom stereocenters. The zero-order valence-electron chi connectivity index (χ0n) is 14.5. The minimum atomic E-state index is -0.129.